The molecule has 4 heteroatoms. The molecule has 0 saturated carbocycles. The maximum Gasteiger partial charge on any atom is -0.147 e. The molecule has 0 unspecified atom stereocenters. The summed E-state index contributed by atoms with van der Waals surface area (Å²) >= 11 is 2.53. The number of hydrogen-bond acceptors (Lipinski definition) is 0. The van der Waals surface area contributed by atoms with Gasteiger partial charge >= 0.3 is 82.0 Å². The largest absolute Gasteiger partial charge is 0.147 e. The van der Waals surface area contributed by atoms with Crippen LogP contribution in [0.4, 0.5) is 0 Å². The Hall–Kier alpha value is -0.0197. The van der Waals surface area contributed by atoms with Gasteiger partial charge in [0.15, 0.2) is 0 Å². The molecule has 0 aliphatic heterocycles. The first-order chi connectivity index (χ1) is 21.2. The second-order valence-electron chi connectivity index (χ2n) is 11.6. The van der Waals surface area contributed by atoms with Crippen LogP contribution in [-0.2, 0) is 47.8 Å². The molecule has 0 spiro atoms. The summed E-state index contributed by atoms with van der Waals surface area (Å²) in [5.41, 5.74) is 5.66. The Balaban J connectivity index is -0.000000234. The van der Waals surface area contributed by atoms with E-state index < -0.39 is 0 Å². The molecule has 4 rings (SSSR count). The van der Waals surface area contributed by atoms with Crippen LogP contribution in [0.5, 0.6) is 0 Å². The van der Waals surface area contributed by atoms with Crippen LogP contribution in [0.25, 0.3) is 0 Å². The molecule has 0 amide bonds. The molecule has 4 aliphatic rings. The van der Waals surface area contributed by atoms with Crippen molar-refractivity contribution in [3.05, 3.63) is 95.2 Å². The summed E-state index contributed by atoms with van der Waals surface area (Å²) in [6.07, 6.45) is 50.1. The van der Waals surface area contributed by atoms with Crippen molar-refractivity contribution < 1.29 is 47.8 Å². The van der Waals surface area contributed by atoms with Crippen LogP contribution in [0.2, 0.25) is 0 Å². The molecule has 0 atom stereocenters. The van der Waals surface area contributed by atoms with Gasteiger partial charge < -0.3 is 0 Å². The summed E-state index contributed by atoms with van der Waals surface area (Å²) in [6.45, 7) is 17.5. The second kappa shape index (κ2) is 41.2. The van der Waals surface area contributed by atoms with E-state index in [0.29, 0.717) is 0 Å². The normalized spacial score (nSPS) is 14.0. The Bertz CT molecular complexity index is 831. The first-order valence-corrected chi connectivity index (χ1v) is 20.9. The number of hydrogen-bond donors (Lipinski definition) is 0. The molecule has 256 valence electrons. The summed E-state index contributed by atoms with van der Waals surface area (Å²) in [5, 5.41) is 0. The van der Waals surface area contributed by atoms with Crippen LogP contribution in [0.1, 0.15) is 158 Å². The minimum absolute atomic E-state index is 0. The van der Waals surface area contributed by atoms with Gasteiger partial charge in [-0.25, -0.2) is 46.6 Å². The Labute approximate surface area is 329 Å². The molecule has 0 bridgehead atoms. The van der Waals surface area contributed by atoms with Crippen molar-refractivity contribution in [3.63, 3.8) is 0 Å². The predicted octanol–water partition coefficient (Wildman–Crippen LogP) is 13.8. The SMILES string of the molecule is CCCCC1=[C-]CC=C1.CCCCC1=[C-]CC=C1.CCCCC1=[C-]CC=C1.CCCCC1=[C-]CC=C1.C[C](C)=[Hf+2].C[C](C)=[Hf+2].Cl.Cl. The summed E-state index contributed by atoms with van der Waals surface area (Å²) in [6, 6.07) is 0. The Morgan fingerprint density at radius 3 is 0.739 bits per heavy atom. The molecule has 0 aromatic carbocycles. The Morgan fingerprint density at radius 2 is 0.630 bits per heavy atom. The van der Waals surface area contributed by atoms with Crippen molar-refractivity contribution in [1.29, 1.82) is 0 Å². The molecule has 0 fully saturated rings. The zero-order chi connectivity index (χ0) is 33.3. The van der Waals surface area contributed by atoms with Gasteiger partial charge in [0.1, 0.15) is 0 Å². The maximum atomic E-state index is 3.30. The fourth-order valence-corrected chi connectivity index (χ4v) is 3.96. The van der Waals surface area contributed by atoms with E-state index in [1.54, 1.807) is 6.51 Å². The van der Waals surface area contributed by atoms with Gasteiger partial charge in [0.25, 0.3) is 0 Å². The number of unbranched alkanes of at least 4 members (excludes halogenated alkanes) is 4. The third kappa shape index (κ3) is 42.0. The second-order valence-corrected chi connectivity index (χ2v) is 18.8. The fraction of sp³-hybridized carbons (Fsp3) is 0.571. The van der Waals surface area contributed by atoms with Crippen molar-refractivity contribution in [1.82, 2.24) is 0 Å². The zero-order valence-electron chi connectivity index (χ0n) is 30.7. The van der Waals surface area contributed by atoms with E-state index in [0.717, 1.165) is 25.7 Å². The smallest absolute Gasteiger partial charge is 0.147 e. The quantitative estimate of drug-likeness (QED) is 0.135. The van der Waals surface area contributed by atoms with Crippen molar-refractivity contribution in [2.45, 2.75) is 158 Å². The van der Waals surface area contributed by atoms with Crippen LogP contribution in [-0.4, -0.2) is 6.51 Å². The summed E-state index contributed by atoms with van der Waals surface area (Å²) in [4.78, 5) is 0. The van der Waals surface area contributed by atoms with Gasteiger partial charge in [0, 0.05) is 0 Å². The summed E-state index contributed by atoms with van der Waals surface area (Å²) < 4.78 is 3.11. The van der Waals surface area contributed by atoms with Gasteiger partial charge in [-0.05, 0) is 0 Å². The van der Waals surface area contributed by atoms with Crippen LogP contribution in [0, 0.1) is 24.3 Å². The average molecular weight is 999 g/mol. The minimum Gasteiger partial charge on any atom is -0.147 e. The maximum absolute atomic E-state index is 3.30. The van der Waals surface area contributed by atoms with E-state index in [9.17, 15) is 0 Å². The number of rotatable bonds is 12. The monoisotopic (exact) mass is 1000 g/mol. The molecular formula is C42H66Cl2Hf2. The van der Waals surface area contributed by atoms with Gasteiger partial charge in [-0.15, -0.1) is 50.5 Å². The van der Waals surface area contributed by atoms with Crippen molar-refractivity contribution in [2.24, 2.45) is 0 Å². The molecule has 0 N–H and O–H groups in total. The summed E-state index contributed by atoms with van der Waals surface area (Å²) in [5.74, 6) is 0. The van der Waals surface area contributed by atoms with E-state index in [-0.39, 0.29) is 24.8 Å². The molecular weight excluding hydrogens is 932 g/mol. The average Bonchev–Trinajstić information content (AvgIpc) is 3.83. The van der Waals surface area contributed by atoms with Gasteiger partial charge in [-0.1, -0.05) is 105 Å². The van der Waals surface area contributed by atoms with Gasteiger partial charge in [0.05, 0.1) is 0 Å². The molecule has 0 aromatic heterocycles. The van der Waals surface area contributed by atoms with Gasteiger partial charge in [-0.2, -0.15) is 24.3 Å². The minimum atomic E-state index is 0. The molecule has 46 heavy (non-hydrogen) atoms. The van der Waals surface area contributed by atoms with E-state index in [1.165, 1.54) is 147 Å². The Morgan fingerprint density at radius 1 is 0.457 bits per heavy atom. The fourth-order valence-electron chi connectivity index (χ4n) is 3.96. The van der Waals surface area contributed by atoms with Crippen LogP contribution < -0.4 is 0 Å². The topological polar surface area (TPSA) is 0 Å². The van der Waals surface area contributed by atoms with Gasteiger partial charge in [-0.3, -0.25) is 24.3 Å². The standard InChI is InChI=1S/4C9H13.2C3H6.2ClH.2Hf/c4*1-2-3-6-9-7-4-5-8-9;2*1-3-2;;;;/h4*4,7H,2-3,5-6H2,1H3;2*1-2H3;2*1H;;/q4*-1;;;;;2*+2. The Kier molecular flexibility index (Phi) is 47.2. The molecule has 4 aliphatic carbocycles. The zero-order valence-corrected chi connectivity index (χ0v) is 39.6. The van der Waals surface area contributed by atoms with Crippen LogP contribution in [0.3, 0.4) is 0 Å². The van der Waals surface area contributed by atoms with Crippen molar-refractivity contribution in [2.75, 3.05) is 0 Å². The van der Waals surface area contributed by atoms with Crippen molar-refractivity contribution >= 4 is 31.3 Å². The van der Waals surface area contributed by atoms with Gasteiger partial charge in [0.2, 0.25) is 0 Å². The van der Waals surface area contributed by atoms with Crippen LogP contribution in [0.15, 0.2) is 70.9 Å². The molecule has 0 heterocycles. The number of halogens is 2. The van der Waals surface area contributed by atoms with Crippen LogP contribution >= 0.6 is 24.8 Å². The third-order valence-electron chi connectivity index (χ3n) is 6.26. The molecule has 0 nitrogen and oxygen atoms in total. The van der Waals surface area contributed by atoms with E-state index in [4.69, 9.17) is 0 Å². The van der Waals surface area contributed by atoms with Crippen molar-refractivity contribution in [3.8, 4) is 0 Å². The van der Waals surface area contributed by atoms with E-state index >= 15 is 0 Å². The molecule has 0 saturated heterocycles. The first kappa shape index (κ1) is 52.8. The first-order valence-electron chi connectivity index (χ1n) is 17.3. The predicted molar refractivity (Wildman–Crippen MR) is 207 cm³/mol. The molecule has 0 radical (unpaired) electrons. The molecule has 0 aromatic rings. The third-order valence-corrected chi connectivity index (χ3v) is 6.26. The van der Waals surface area contributed by atoms with E-state index in [1.807, 2.05) is 0 Å². The number of allylic oxidation sites excluding steroid dienone is 16. The van der Waals surface area contributed by atoms with E-state index in [2.05, 4.69) is 128 Å². The summed E-state index contributed by atoms with van der Waals surface area (Å²) in [7, 11) is 0.